The van der Waals surface area contributed by atoms with E-state index in [4.69, 9.17) is 4.74 Å². The first-order chi connectivity index (χ1) is 8.28. The van der Waals surface area contributed by atoms with Gasteiger partial charge in [-0.3, -0.25) is 0 Å². The van der Waals surface area contributed by atoms with Crippen LogP contribution >= 0.6 is 0 Å². The largest absolute Gasteiger partial charge is 0.497 e. The van der Waals surface area contributed by atoms with Crippen LogP contribution in [0.2, 0.25) is 0 Å². The van der Waals surface area contributed by atoms with Crippen LogP contribution in [-0.2, 0) is 6.54 Å². The lowest BCUT2D eigenvalue weighted by atomic mass is 9.69. The highest BCUT2D eigenvalue weighted by molar-refractivity contribution is 5.27. The fourth-order valence-corrected chi connectivity index (χ4v) is 2.28. The molecule has 1 aliphatic rings. The Hall–Kier alpha value is -1.06. The SMILES string of the molecule is COc1ccc(CNCC2(CO)CCC2)cc1. The molecule has 0 bridgehead atoms. The van der Waals surface area contributed by atoms with Gasteiger partial charge >= 0.3 is 0 Å². The highest BCUT2D eigenvalue weighted by Gasteiger charge is 2.35. The zero-order valence-corrected chi connectivity index (χ0v) is 10.4. The Morgan fingerprint density at radius 3 is 2.47 bits per heavy atom. The van der Waals surface area contributed by atoms with Gasteiger partial charge in [-0.15, -0.1) is 0 Å². The average molecular weight is 235 g/mol. The van der Waals surface area contributed by atoms with Crippen molar-refractivity contribution >= 4 is 0 Å². The molecule has 1 saturated carbocycles. The molecule has 3 heteroatoms. The van der Waals surface area contributed by atoms with E-state index < -0.39 is 0 Å². The summed E-state index contributed by atoms with van der Waals surface area (Å²) in [4.78, 5) is 0. The maximum Gasteiger partial charge on any atom is 0.118 e. The first-order valence-corrected chi connectivity index (χ1v) is 6.22. The van der Waals surface area contributed by atoms with Gasteiger partial charge in [-0.1, -0.05) is 18.6 Å². The molecule has 0 amide bonds. The fraction of sp³-hybridized carbons (Fsp3) is 0.571. The summed E-state index contributed by atoms with van der Waals surface area (Å²) >= 11 is 0. The number of benzene rings is 1. The molecular weight excluding hydrogens is 214 g/mol. The molecule has 0 radical (unpaired) electrons. The molecule has 0 atom stereocenters. The van der Waals surface area contributed by atoms with Gasteiger partial charge < -0.3 is 15.2 Å². The predicted molar refractivity (Wildman–Crippen MR) is 68.1 cm³/mol. The smallest absolute Gasteiger partial charge is 0.118 e. The maximum absolute atomic E-state index is 9.35. The van der Waals surface area contributed by atoms with Crippen LogP contribution in [0.5, 0.6) is 5.75 Å². The third-order valence-electron chi connectivity index (χ3n) is 3.74. The number of methoxy groups -OCH3 is 1. The van der Waals surface area contributed by atoms with Crippen LogP contribution in [0.25, 0.3) is 0 Å². The lowest BCUT2D eigenvalue weighted by Crippen LogP contribution is -2.42. The first-order valence-electron chi connectivity index (χ1n) is 6.22. The Labute approximate surface area is 103 Å². The zero-order valence-electron chi connectivity index (χ0n) is 10.4. The molecule has 3 nitrogen and oxygen atoms in total. The number of rotatable bonds is 6. The molecule has 1 fully saturated rings. The Bertz CT molecular complexity index is 338. The van der Waals surface area contributed by atoms with E-state index in [0.29, 0.717) is 6.61 Å². The third kappa shape index (κ3) is 2.99. The van der Waals surface area contributed by atoms with Gasteiger partial charge in [0.25, 0.3) is 0 Å². The van der Waals surface area contributed by atoms with E-state index in [1.807, 2.05) is 12.1 Å². The van der Waals surface area contributed by atoms with Gasteiger partial charge in [0.1, 0.15) is 5.75 Å². The molecule has 0 aliphatic heterocycles. The van der Waals surface area contributed by atoms with Crippen LogP contribution in [0, 0.1) is 5.41 Å². The average Bonchev–Trinajstić information content (AvgIpc) is 2.33. The summed E-state index contributed by atoms with van der Waals surface area (Å²) < 4.78 is 5.12. The van der Waals surface area contributed by atoms with Crippen molar-refractivity contribution in [1.29, 1.82) is 0 Å². The lowest BCUT2D eigenvalue weighted by molar-refractivity contribution is 0.0445. The molecule has 17 heavy (non-hydrogen) atoms. The van der Waals surface area contributed by atoms with E-state index in [-0.39, 0.29) is 5.41 Å². The van der Waals surface area contributed by atoms with E-state index in [9.17, 15) is 5.11 Å². The van der Waals surface area contributed by atoms with Gasteiger partial charge in [0.05, 0.1) is 7.11 Å². The van der Waals surface area contributed by atoms with Crippen molar-refractivity contribution in [2.24, 2.45) is 5.41 Å². The van der Waals surface area contributed by atoms with E-state index in [0.717, 1.165) is 31.7 Å². The standard InChI is InChI=1S/C14H21NO2/c1-17-13-5-3-12(4-6-13)9-15-10-14(11-16)7-2-8-14/h3-6,15-16H,2,7-11H2,1H3. The Morgan fingerprint density at radius 1 is 1.29 bits per heavy atom. The molecular formula is C14H21NO2. The molecule has 0 aromatic heterocycles. The minimum absolute atomic E-state index is 0.159. The Morgan fingerprint density at radius 2 is 2.00 bits per heavy atom. The zero-order chi connectivity index (χ0) is 12.1. The van der Waals surface area contributed by atoms with Crippen LogP contribution in [0.1, 0.15) is 24.8 Å². The second-order valence-corrected chi connectivity index (χ2v) is 4.96. The quantitative estimate of drug-likeness (QED) is 0.792. The minimum Gasteiger partial charge on any atom is -0.497 e. The summed E-state index contributed by atoms with van der Waals surface area (Å²) in [6.07, 6.45) is 3.56. The number of hydrogen-bond donors (Lipinski definition) is 2. The van der Waals surface area contributed by atoms with Gasteiger partial charge in [-0.05, 0) is 30.5 Å². The number of aliphatic hydroxyl groups excluding tert-OH is 1. The minimum atomic E-state index is 0.159. The predicted octanol–water partition coefficient (Wildman–Crippen LogP) is 1.95. The lowest BCUT2D eigenvalue weighted by Gasteiger charge is -2.40. The van der Waals surface area contributed by atoms with Gasteiger partial charge in [0.15, 0.2) is 0 Å². The van der Waals surface area contributed by atoms with Crippen molar-refractivity contribution < 1.29 is 9.84 Å². The number of hydrogen-bond acceptors (Lipinski definition) is 3. The van der Waals surface area contributed by atoms with Crippen LogP contribution in [0.15, 0.2) is 24.3 Å². The van der Waals surface area contributed by atoms with Crippen molar-refractivity contribution in [3.63, 3.8) is 0 Å². The number of ether oxygens (including phenoxy) is 1. The molecule has 1 aliphatic carbocycles. The van der Waals surface area contributed by atoms with Gasteiger partial charge in [0, 0.05) is 25.1 Å². The van der Waals surface area contributed by atoms with Crippen LogP contribution in [0.4, 0.5) is 0 Å². The molecule has 2 N–H and O–H groups in total. The van der Waals surface area contributed by atoms with E-state index in [2.05, 4.69) is 17.4 Å². The van der Waals surface area contributed by atoms with Crippen molar-refractivity contribution in [1.82, 2.24) is 5.32 Å². The van der Waals surface area contributed by atoms with Crippen LogP contribution < -0.4 is 10.1 Å². The van der Waals surface area contributed by atoms with Gasteiger partial charge in [0.2, 0.25) is 0 Å². The number of nitrogens with one attached hydrogen (secondary N) is 1. The molecule has 0 saturated heterocycles. The summed E-state index contributed by atoms with van der Waals surface area (Å²) in [5.74, 6) is 0.888. The normalized spacial score (nSPS) is 17.5. The van der Waals surface area contributed by atoms with Crippen molar-refractivity contribution in [2.45, 2.75) is 25.8 Å². The maximum atomic E-state index is 9.35. The third-order valence-corrected chi connectivity index (χ3v) is 3.74. The van der Waals surface area contributed by atoms with Crippen molar-refractivity contribution in [3.05, 3.63) is 29.8 Å². The summed E-state index contributed by atoms with van der Waals surface area (Å²) in [6, 6.07) is 8.08. The Kier molecular flexibility index (Phi) is 4.02. The van der Waals surface area contributed by atoms with Gasteiger partial charge in [-0.25, -0.2) is 0 Å². The fourth-order valence-electron chi connectivity index (χ4n) is 2.28. The molecule has 0 unspecified atom stereocenters. The monoisotopic (exact) mass is 235 g/mol. The van der Waals surface area contributed by atoms with E-state index in [1.54, 1.807) is 7.11 Å². The highest BCUT2D eigenvalue weighted by Crippen LogP contribution is 2.39. The van der Waals surface area contributed by atoms with E-state index >= 15 is 0 Å². The van der Waals surface area contributed by atoms with Crippen molar-refractivity contribution in [2.75, 3.05) is 20.3 Å². The number of aliphatic hydroxyl groups is 1. The van der Waals surface area contributed by atoms with Crippen molar-refractivity contribution in [3.8, 4) is 5.75 Å². The topological polar surface area (TPSA) is 41.5 Å². The van der Waals surface area contributed by atoms with E-state index in [1.165, 1.54) is 12.0 Å². The molecule has 2 rings (SSSR count). The first kappa shape index (κ1) is 12.4. The second kappa shape index (κ2) is 5.52. The van der Waals surface area contributed by atoms with Gasteiger partial charge in [-0.2, -0.15) is 0 Å². The molecule has 1 aromatic rings. The van der Waals surface area contributed by atoms with Crippen LogP contribution in [-0.4, -0.2) is 25.4 Å². The highest BCUT2D eigenvalue weighted by atomic mass is 16.5. The second-order valence-electron chi connectivity index (χ2n) is 4.96. The summed E-state index contributed by atoms with van der Waals surface area (Å²) in [5, 5.41) is 12.8. The van der Waals surface area contributed by atoms with Crippen LogP contribution in [0.3, 0.4) is 0 Å². The molecule has 94 valence electrons. The molecule has 0 spiro atoms. The summed E-state index contributed by atoms with van der Waals surface area (Å²) in [5.41, 5.74) is 1.41. The summed E-state index contributed by atoms with van der Waals surface area (Å²) in [6.45, 7) is 2.07. The molecule has 1 aromatic carbocycles. The Balaban J connectivity index is 1.77. The molecule has 0 heterocycles. The summed E-state index contributed by atoms with van der Waals surface area (Å²) in [7, 11) is 1.68.